The zero-order valence-corrected chi connectivity index (χ0v) is 11.5. The number of aromatic nitrogens is 3. The first-order chi connectivity index (χ1) is 8.76. The van der Waals surface area contributed by atoms with Gasteiger partial charge in [-0.2, -0.15) is 0 Å². The van der Waals surface area contributed by atoms with E-state index in [4.69, 9.17) is 0 Å². The summed E-state index contributed by atoms with van der Waals surface area (Å²) >= 11 is 0. The van der Waals surface area contributed by atoms with Gasteiger partial charge in [-0.15, -0.1) is 0 Å². The SMILES string of the molecule is CC/C=C(\CCCC)c1cc2c(C)ncnc2[nH]1. The van der Waals surface area contributed by atoms with Crippen molar-refractivity contribution in [3.05, 3.63) is 29.9 Å². The molecule has 96 valence electrons. The van der Waals surface area contributed by atoms with Gasteiger partial charge in [0.05, 0.1) is 5.69 Å². The lowest BCUT2D eigenvalue weighted by molar-refractivity contribution is 0.821. The Morgan fingerprint density at radius 2 is 2.17 bits per heavy atom. The molecule has 0 aliphatic carbocycles. The maximum Gasteiger partial charge on any atom is 0.141 e. The molecule has 0 bridgehead atoms. The van der Waals surface area contributed by atoms with Gasteiger partial charge >= 0.3 is 0 Å². The summed E-state index contributed by atoms with van der Waals surface area (Å²) in [7, 11) is 0. The maximum atomic E-state index is 4.29. The van der Waals surface area contributed by atoms with Crippen LogP contribution in [0.1, 0.15) is 50.9 Å². The Bertz CT molecular complexity index is 552. The van der Waals surface area contributed by atoms with Crippen molar-refractivity contribution < 1.29 is 0 Å². The number of hydrogen-bond acceptors (Lipinski definition) is 2. The van der Waals surface area contributed by atoms with Crippen LogP contribution < -0.4 is 0 Å². The Balaban J connectivity index is 2.39. The summed E-state index contributed by atoms with van der Waals surface area (Å²) in [5, 5.41) is 1.13. The zero-order valence-electron chi connectivity index (χ0n) is 11.5. The summed E-state index contributed by atoms with van der Waals surface area (Å²) < 4.78 is 0. The molecule has 2 aromatic rings. The van der Waals surface area contributed by atoms with Gasteiger partial charge in [0, 0.05) is 11.1 Å². The average Bonchev–Trinajstić information content (AvgIpc) is 2.80. The van der Waals surface area contributed by atoms with Gasteiger partial charge in [0.15, 0.2) is 0 Å². The zero-order chi connectivity index (χ0) is 13.0. The molecule has 2 rings (SSSR count). The van der Waals surface area contributed by atoms with E-state index in [-0.39, 0.29) is 0 Å². The monoisotopic (exact) mass is 243 g/mol. The lowest BCUT2D eigenvalue weighted by Gasteiger charge is -2.03. The van der Waals surface area contributed by atoms with Crippen LogP contribution in [0.25, 0.3) is 16.6 Å². The van der Waals surface area contributed by atoms with Crippen molar-refractivity contribution in [1.82, 2.24) is 15.0 Å². The fourth-order valence-corrected chi connectivity index (χ4v) is 2.20. The van der Waals surface area contributed by atoms with E-state index in [2.05, 4.69) is 40.9 Å². The number of aromatic amines is 1. The number of H-pyrrole nitrogens is 1. The van der Waals surface area contributed by atoms with Crippen LogP contribution >= 0.6 is 0 Å². The molecule has 18 heavy (non-hydrogen) atoms. The van der Waals surface area contributed by atoms with E-state index < -0.39 is 0 Å². The first kappa shape index (κ1) is 12.8. The van der Waals surface area contributed by atoms with Gasteiger partial charge < -0.3 is 4.98 Å². The van der Waals surface area contributed by atoms with E-state index in [9.17, 15) is 0 Å². The molecule has 3 nitrogen and oxygen atoms in total. The number of hydrogen-bond donors (Lipinski definition) is 1. The van der Waals surface area contributed by atoms with Crippen molar-refractivity contribution >= 4 is 16.6 Å². The van der Waals surface area contributed by atoms with Crippen molar-refractivity contribution in [1.29, 1.82) is 0 Å². The Morgan fingerprint density at radius 3 is 2.83 bits per heavy atom. The number of fused-ring (bicyclic) bond motifs is 1. The number of nitrogens with zero attached hydrogens (tertiary/aromatic N) is 2. The average molecular weight is 243 g/mol. The quantitative estimate of drug-likeness (QED) is 0.853. The molecular formula is C15H21N3. The molecule has 2 aromatic heterocycles. The highest BCUT2D eigenvalue weighted by Gasteiger charge is 2.08. The van der Waals surface area contributed by atoms with E-state index in [1.54, 1.807) is 6.33 Å². The fraction of sp³-hybridized carbons (Fsp3) is 0.467. The molecule has 0 aliphatic rings. The van der Waals surface area contributed by atoms with E-state index in [0.29, 0.717) is 0 Å². The van der Waals surface area contributed by atoms with Crippen LogP contribution in [0.4, 0.5) is 0 Å². The summed E-state index contributed by atoms with van der Waals surface area (Å²) in [6, 6.07) is 2.18. The first-order valence-electron chi connectivity index (χ1n) is 6.76. The van der Waals surface area contributed by atoms with E-state index >= 15 is 0 Å². The van der Waals surface area contributed by atoms with E-state index in [1.165, 1.54) is 24.1 Å². The molecule has 0 saturated carbocycles. The smallest absolute Gasteiger partial charge is 0.141 e. The van der Waals surface area contributed by atoms with Crippen molar-refractivity contribution in [2.45, 2.75) is 46.5 Å². The summed E-state index contributed by atoms with van der Waals surface area (Å²) in [5.41, 5.74) is 4.57. The highest BCUT2D eigenvalue weighted by molar-refractivity contribution is 5.83. The minimum atomic E-state index is 0.941. The first-order valence-corrected chi connectivity index (χ1v) is 6.76. The number of aryl methyl sites for hydroxylation is 1. The molecule has 0 saturated heterocycles. The summed E-state index contributed by atoms with van der Waals surface area (Å²) in [6.07, 6.45) is 8.57. The maximum absolute atomic E-state index is 4.29. The Kier molecular flexibility index (Phi) is 4.13. The summed E-state index contributed by atoms with van der Waals surface area (Å²) in [4.78, 5) is 11.9. The number of allylic oxidation sites excluding steroid dienone is 2. The Labute approximate surface area is 108 Å². The lowest BCUT2D eigenvalue weighted by atomic mass is 10.0. The second-order valence-corrected chi connectivity index (χ2v) is 4.65. The standard InChI is InChI=1S/C15H21N3/c1-4-6-8-12(7-5-2)14-9-13-11(3)16-10-17-15(13)18-14/h7,9-10H,4-6,8H2,1-3H3,(H,16,17,18)/b12-7+. The van der Waals surface area contributed by atoms with Crippen LogP contribution in [-0.4, -0.2) is 15.0 Å². The molecule has 2 heterocycles. The second-order valence-electron chi connectivity index (χ2n) is 4.65. The molecule has 0 atom stereocenters. The van der Waals surface area contributed by atoms with Crippen LogP contribution in [0, 0.1) is 6.92 Å². The van der Waals surface area contributed by atoms with Crippen molar-refractivity contribution in [2.75, 3.05) is 0 Å². The second kappa shape index (κ2) is 5.80. The number of rotatable bonds is 5. The van der Waals surface area contributed by atoms with Gasteiger partial charge in [-0.1, -0.05) is 26.3 Å². The number of nitrogens with one attached hydrogen (secondary N) is 1. The minimum Gasteiger partial charge on any atom is -0.339 e. The van der Waals surface area contributed by atoms with E-state index in [1.807, 2.05) is 6.92 Å². The van der Waals surface area contributed by atoms with E-state index in [0.717, 1.165) is 29.6 Å². The third kappa shape index (κ3) is 2.61. The van der Waals surface area contributed by atoms with Crippen LogP contribution in [0.2, 0.25) is 0 Å². The molecule has 0 spiro atoms. The van der Waals surface area contributed by atoms with Crippen LogP contribution in [0.15, 0.2) is 18.5 Å². The molecular weight excluding hydrogens is 222 g/mol. The van der Waals surface area contributed by atoms with Crippen molar-refractivity contribution in [2.24, 2.45) is 0 Å². The van der Waals surface area contributed by atoms with Gasteiger partial charge in [0.1, 0.15) is 12.0 Å². The van der Waals surface area contributed by atoms with Gasteiger partial charge in [0.25, 0.3) is 0 Å². The predicted molar refractivity (Wildman–Crippen MR) is 76.4 cm³/mol. The van der Waals surface area contributed by atoms with Crippen LogP contribution in [0.3, 0.4) is 0 Å². The van der Waals surface area contributed by atoms with Crippen molar-refractivity contribution in [3.63, 3.8) is 0 Å². The third-order valence-corrected chi connectivity index (χ3v) is 3.22. The van der Waals surface area contributed by atoms with Gasteiger partial charge in [-0.05, 0) is 37.8 Å². The summed E-state index contributed by atoms with van der Waals surface area (Å²) in [6.45, 7) is 6.43. The molecule has 0 amide bonds. The Hall–Kier alpha value is -1.64. The molecule has 1 N–H and O–H groups in total. The van der Waals surface area contributed by atoms with Crippen LogP contribution in [-0.2, 0) is 0 Å². The minimum absolute atomic E-state index is 0.941. The highest BCUT2D eigenvalue weighted by atomic mass is 14.9. The highest BCUT2D eigenvalue weighted by Crippen LogP contribution is 2.25. The van der Waals surface area contributed by atoms with Gasteiger partial charge in [-0.3, -0.25) is 0 Å². The lowest BCUT2D eigenvalue weighted by Crippen LogP contribution is -1.86. The van der Waals surface area contributed by atoms with Gasteiger partial charge in [0.2, 0.25) is 0 Å². The normalized spacial score (nSPS) is 12.3. The topological polar surface area (TPSA) is 41.6 Å². The van der Waals surface area contributed by atoms with Crippen molar-refractivity contribution in [3.8, 4) is 0 Å². The largest absolute Gasteiger partial charge is 0.339 e. The Morgan fingerprint density at radius 1 is 1.33 bits per heavy atom. The predicted octanol–water partition coefficient (Wildman–Crippen LogP) is 4.25. The molecule has 0 radical (unpaired) electrons. The fourth-order valence-electron chi connectivity index (χ4n) is 2.20. The molecule has 0 aliphatic heterocycles. The third-order valence-electron chi connectivity index (χ3n) is 3.22. The molecule has 3 heteroatoms. The van der Waals surface area contributed by atoms with Gasteiger partial charge in [-0.25, -0.2) is 9.97 Å². The number of unbranched alkanes of at least 4 members (excludes halogenated alkanes) is 1. The van der Waals surface area contributed by atoms with Crippen LogP contribution in [0.5, 0.6) is 0 Å². The summed E-state index contributed by atoms with van der Waals surface area (Å²) in [5.74, 6) is 0. The molecule has 0 unspecified atom stereocenters. The molecule has 0 aromatic carbocycles. The molecule has 0 fully saturated rings.